The zero-order valence-electron chi connectivity index (χ0n) is 13.2. The van der Waals surface area contributed by atoms with Crippen LogP contribution in [-0.2, 0) is 4.79 Å². The van der Waals surface area contributed by atoms with Gasteiger partial charge in [-0.1, -0.05) is 36.3 Å². The van der Waals surface area contributed by atoms with Crippen LogP contribution in [0.2, 0.25) is 0 Å². The van der Waals surface area contributed by atoms with Crippen LogP contribution in [0.3, 0.4) is 0 Å². The van der Waals surface area contributed by atoms with E-state index in [2.05, 4.69) is 11.2 Å². The Morgan fingerprint density at radius 3 is 2.75 bits per heavy atom. The number of rotatable bonds is 4. The molecule has 1 aliphatic heterocycles. The molecule has 0 atom stereocenters. The molecular formula is C19H16N2O3. The minimum atomic E-state index is -0.417. The summed E-state index contributed by atoms with van der Waals surface area (Å²) in [5.41, 5.74) is 0.939. The van der Waals surface area contributed by atoms with E-state index in [0.29, 0.717) is 17.9 Å². The average Bonchev–Trinajstić information content (AvgIpc) is 2.87. The summed E-state index contributed by atoms with van der Waals surface area (Å²) in [7, 11) is 0. The number of fused-ring (bicyclic) bond motifs is 1. The molecule has 2 aromatic carbocycles. The highest BCUT2D eigenvalue weighted by molar-refractivity contribution is 6.14. The summed E-state index contributed by atoms with van der Waals surface area (Å²) in [5, 5.41) is 4.52. The molecule has 5 nitrogen and oxygen atoms in total. The molecule has 0 bridgehead atoms. The maximum absolute atomic E-state index is 12.3. The van der Waals surface area contributed by atoms with Crippen LogP contribution in [0.4, 0.5) is 4.79 Å². The van der Waals surface area contributed by atoms with Crippen molar-refractivity contribution in [1.29, 1.82) is 0 Å². The highest BCUT2D eigenvalue weighted by atomic mass is 16.5. The van der Waals surface area contributed by atoms with E-state index in [0.717, 1.165) is 15.7 Å². The molecule has 1 saturated heterocycles. The maximum Gasteiger partial charge on any atom is 0.328 e. The van der Waals surface area contributed by atoms with Gasteiger partial charge in [-0.2, -0.15) is 0 Å². The quantitative estimate of drug-likeness (QED) is 0.535. The number of ether oxygens (including phenoxy) is 1. The number of terminal acetylenes is 1. The predicted octanol–water partition coefficient (Wildman–Crippen LogP) is 2.76. The van der Waals surface area contributed by atoms with Crippen LogP contribution in [0.15, 0.2) is 42.1 Å². The van der Waals surface area contributed by atoms with Crippen LogP contribution in [0.1, 0.15) is 12.5 Å². The first-order valence-electron chi connectivity index (χ1n) is 7.58. The van der Waals surface area contributed by atoms with Gasteiger partial charge < -0.3 is 10.1 Å². The number of nitrogens with zero attached hydrogens (tertiary/aromatic N) is 1. The molecular weight excluding hydrogens is 304 g/mol. The number of carbonyl (C=O) groups excluding carboxylic acids is 2. The Hall–Kier alpha value is -3.26. The Bertz CT molecular complexity index is 893. The highest BCUT2D eigenvalue weighted by Gasteiger charge is 2.32. The summed E-state index contributed by atoms with van der Waals surface area (Å²) in [4.78, 5) is 25.3. The van der Waals surface area contributed by atoms with Crippen LogP contribution in [-0.4, -0.2) is 30.0 Å². The first kappa shape index (κ1) is 15.6. The number of benzene rings is 2. The summed E-state index contributed by atoms with van der Waals surface area (Å²) in [6.07, 6.45) is 6.91. The normalized spacial score (nSPS) is 15.7. The fourth-order valence-electron chi connectivity index (χ4n) is 2.67. The highest BCUT2D eigenvalue weighted by Crippen LogP contribution is 2.30. The molecule has 3 rings (SSSR count). The predicted molar refractivity (Wildman–Crippen MR) is 92.2 cm³/mol. The number of carbonyl (C=O) groups is 2. The van der Waals surface area contributed by atoms with Gasteiger partial charge in [-0.15, -0.1) is 6.42 Å². The fraction of sp³-hybridized carbons (Fsp3) is 0.158. The van der Waals surface area contributed by atoms with Gasteiger partial charge in [0.15, 0.2) is 0 Å². The largest absolute Gasteiger partial charge is 0.480 e. The number of urea groups is 1. The second-order valence-electron chi connectivity index (χ2n) is 5.23. The topological polar surface area (TPSA) is 58.6 Å². The molecule has 24 heavy (non-hydrogen) atoms. The lowest BCUT2D eigenvalue weighted by atomic mass is 10.0. The molecule has 2 aromatic rings. The number of amides is 3. The molecule has 120 valence electrons. The van der Waals surface area contributed by atoms with Gasteiger partial charge in [0.05, 0.1) is 0 Å². The van der Waals surface area contributed by atoms with Gasteiger partial charge in [-0.25, -0.2) is 4.79 Å². The third kappa shape index (κ3) is 2.70. The van der Waals surface area contributed by atoms with Crippen molar-refractivity contribution in [2.24, 2.45) is 0 Å². The van der Waals surface area contributed by atoms with E-state index >= 15 is 0 Å². The van der Waals surface area contributed by atoms with Crippen LogP contribution in [0.25, 0.3) is 16.8 Å². The number of hydrogen-bond acceptors (Lipinski definition) is 3. The van der Waals surface area contributed by atoms with Crippen molar-refractivity contribution in [3.63, 3.8) is 0 Å². The molecule has 1 N–H and O–H groups in total. The van der Waals surface area contributed by atoms with Crippen molar-refractivity contribution >= 4 is 28.8 Å². The van der Waals surface area contributed by atoms with Crippen molar-refractivity contribution < 1.29 is 14.3 Å². The molecule has 0 unspecified atom stereocenters. The van der Waals surface area contributed by atoms with Crippen LogP contribution in [0, 0.1) is 12.3 Å². The molecule has 0 saturated carbocycles. The number of imide groups is 1. The van der Waals surface area contributed by atoms with Crippen molar-refractivity contribution in [2.75, 3.05) is 13.2 Å². The average molecular weight is 320 g/mol. The van der Waals surface area contributed by atoms with Crippen molar-refractivity contribution in [3.8, 4) is 18.1 Å². The standard InChI is InChI=1S/C19H16N2O3/c1-3-11-24-17-10-9-13-7-5-6-8-14(13)15(17)12-16-18(22)21(4-2)19(23)20-16/h1,5-10,12H,4,11H2,2H3,(H,20,23)/b16-12+. The second-order valence-corrected chi connectivity index (χ2v) is 5.23. The fourth-order valence-corrected chi connectivity index (χ4v) is 2.67. The molecule has 0 aliphatic carbocycles. The lowest BCUT2D eigenvalue weighted by molar-refractivity contribution is -0.122. The van der Waals surface area contributed by atoms with E-state index in [-0.39, 0.29) is 18.2 Å². The summed E-state index contributed by atoms with van der Waals surface area (Å²) >= 11 is 0. The molecule has 1 fully saturated rings. The smallest absolute Gasteiger partial charge is 0.328 e. The first-order chi connectivity index (χ1) is 11.7. The van der Waals surface area contributed by atoms with Crippen LogP contribution in [0.5, 0.6) is 5.75 Å². The Kier molecular flexibility index (Phi) is 4.21. The van der Waals surface area contributed by atoms with E-state index in [1.165, 1.54) is 0 Å². The number of likely N-dealkylation sites (N-methyl/N-ethyl adjacent to an activating group) is 1. The van der Waals surface area contributed by atoms with Gasteiger partial charge in [-0.3, -0.25) is 9.69 Å². The Morgan fingerprint density at radius 2 is 2.04 bits per heavy atom. The minimum Gasteiger partial charge on any atom is -0.480 e. The summed E-state index contributed by atoms with van der Waals surface area (Å²) < 4.78 is 5.60. The van der Waals surface area contributed by atoms with E-state index in [1.807, 2.05) is 36.4 Å². The maximum atomic E-state index is 12.3. The summed E-state index contributed by atoms with van der Waals surface area (Å²) in [6, 6.07) is 11.1. The molecule has 1 aliphatic rings. The monoisotopic (exact) mass is 320 g/mol. The van der Waals surface area contributed by atoms with Crippen molar-refractivity contribution in [2.45, 2.75) is 6.92 Å². The Morgan fingerprint density at radius 1 is 1.25 bits per heavy atom. The summed E-state index contributed by atoms with van der Waals surface area (Å²) in [6.45, 7) is 2.19. The number of nitrogens with one attached hydrogen (secondary N) is 1. The zero-order chi connectivity index (χ0) is 17.1. The molecule has 3 amide bonds. The first-order valence-corrected chi connectivity index (χ1v) is 7.58. The van der Waals surface area contributed by atoms with Crippen molar-refractivity contribution in [1.82, 2.24) is 10.2 Å². The zero-order valence-corrected chi connectivity index (χ0v) is 13.2. The molecule has 1 heterocycles. The number of hydrogen-bond donors (Lipinski definition) is 1. The third-order valence-corrected chi connectivity index (χ3v) is 3.81. The molecule has 5 heteroatoms. The molecule has 0 aromatic heterocycles. The lowest BCUT2D eigenvalue weighted by Crippen LogP contribution is -2.30. The minimum absolute atomic E-state index is 0.121. The van der Waals surface area contributed by atoms with E-state index < -0.39 is 6.03 Å². The van der Waals surface area contributed by atoms with Gasteiger partial charge in [0.25, 0.3) is 5.91 Å². The summed E-state index contributed by atoms with van der Waals surface area (Å²) in [5.74, 6) is 2.65. The molecule has 0 spiro atoms. The molecule has 0 radical (unpaired) electrons. The van der Waals surface area contributed by atoms with Crippen LogP contribution < -0.4 is 10.1 Å². The Labute approximate surface area is 139 Å². The van der Waals surface area contributed by atoms with E-state index in [9.17, 15) is 9.59 Å². The van der Waals surface area contributed by atoms with Crippen LogP contribution >= 0.6 is 0 Å². The van der Waals surface area contributed by atoms with E-state index in [1.54, 1.807) is 13.0 Å². The van der Waals surface area contributed by atoms with E-state index in [4.69, 9.17) is 11.2 Å². The van der Waals surface area contributed by atoms with Gasteiger partial charge in [-0.05, 0) is 29.8 Å². The lowest BCUT2D eigenvalue weighted by Gasteiger charge is -2.11. The van der Waals surface area contributed by atoms with Gasteiger partial charge >= 0.3 is 6.03 Å². The van der Waals surface area contributed by atoms with Gasteiger partial charge in [0.2, 0.25) is 0 Å². The van der Waals surface area contributed by atoms with Gasteiger partial charge in [0.1, 0.15) is 18.1 Å². The third-order valence-electron chi connectivity index (χ3n) is 3.81. The SMILES string of the molecule is C#CCOc1ccc2ccccc2c1/C=C1/NC(=O)N(CC)C1=O. The Balaban J connectivity index is 2.13. The van der Waals surface area contributed by atoms with Crippen molar-refractivity contribution in [3.05, 3.63) is 47.7 Å². The van der Waals surface area contributed by atoms with Gasteiger partial charge in [0, 0.05) is 12.1 Å². The second kappa shape index (κ2) is 6.47.